The van der Waals surface area contributed by atoms with E-state index in [4.69, 9.17) is 4.98 Å². The molecule has 38 heavy (non-hydrogen) atoms. The van der Waals surface area contributed by atoms with E-state index in [9.17, 15) is 0 Å². The van der Waals surface area contributed by atoms with Crippen molar-refractivity contribution >= 4 is 33.4 Å². The molecular weight excluding hydrogens is 480 g/mol. The first-order valence-corrected chi connectivity index (χ1v) is 13.6. The molecule has 0 saturated heterocycles. The minimum Gasteiger partial charge on any atom is -0.293 e. The molecule has 8 rings (SSSR count). The van der Waals surface area contributed by atoms with Crippen LogP contribution in [0.3, 0.4) is 0 Å². The summed E-state index contributed by atoms with van der Waals surface area (Å²) >= 11 is 1.87. The second-order valence-corrected chi connectivity index (χ2v) is 10.7. The van der Waals surface area contributed by atoms with Crippen LogP contribution < -0.4 is 0 Å². The summed E-state index contributed by atoms with van der Waals surface area (Å²) in [6, 6.07) is 45.6. The average molecular weight is 503 g/mol. The van der Waals surface area contributed by atoms with E-state index in [0.717, 1.165) is 16.7 Å². The van der Waals surface area contributed by atoms with Gasteiger partial charge in [-0.3, -0.25) is 4.57 Å². The molecule has 0 N–H and O–H groups in total. The predicted molar refractivity (Wildman–Crippen MR) is 159 cm³/mol. The van der Waals surface area contributed by atoms with Crippen LogP contribution in [0.25, 0.3) is 61.0 Å². The number of fused-ring (bicyclic) bond motifs is 8. The van der Waals surface area contributed by atoms with Crippen molar-refractivity contribution in [3.8, 4) is 39.3 Å². The molecule has 1 aliphatic rings. The zero-order valence-electron chi connectivity index (χ0n) is 20.5. The lowest BCUT2D eigenvalue weighted by Gasteiger charge is -2.14. The molecule has 0 amide bonds. The Morgan fingerprint density at radius 2 is 1.29 bits per heavy atom. The summed E-state index contributed by atoms with van der Waals surface area (Å²) in [5, 5.41) is 3.57. The predicted octanol–water partition coefficient (Wildman–Crippen LogP) is 9.64. The highest BCUT2D eigenvalue weighted by atomic mass is 32.2. The van der Waals surface area contributed by atoms with Crippen molar-refractivity contribution in [1.82, 2.24) is 9.55 Å². The number of para-hydroxylation sites is 1. The van der Waals surface area contributed by atoms with Crippen LogP contribution in [0.5, 0.6) is 0 Å². The fraction of sp³-hybridized carbons (Fsp3) is 0. The Bertz CT molecular complexity index is 2000. The first kappa shape index (κ1) is 21.5. The van der Waals surface area contributed by atoms with Gasteiger partial charge in [-0.05, 0) is 40.3 Å². The minimum absolute atomic E-state index is 0.934. The number of hydrogen-bond donors (Lipinski definition) is 0. The van der Waals surface area contributed by atoms with Crippen molar-refractivity contribution in [2.24, 2.45) is 0 Å². The molecule has 0 spiro atoms. The summed E-state index contributed by atoms with van der Waals surface area (Å²) in [5.41, 5.74) is 8.61. The highest BCUT2D eigenvalue weighted by molar-refractivity contribution is 7.99. The van der Waals surface area contributed by atoms with Gasteiger partial charge in [0.25, 0.3) is 0 Å². The fourth-order valence-electron chi connectivity index (χ4n) is 5.75. The molecule has 5 aromatic carbocycles. The van der Waals surface area contributed by atoms with E-state index in [2.05, 4.69) is 132 Å². The van der Waals surface area contributed by atoms with Crippen LogP contribution in [0.2, 0.25) is 0 Å². The van der Waals surface area contributed by atoms with Crippen LogP contribution >= 0.6 is 11.8 Å². The van der Waals surface area contributed by atoms with E-state index in [0.29, 0.717) is 0 Å². The molecule has 178 valence electrons. The normalized spacial score (nSPS) is 12.1. The number of benzene rings is 5. The van der Waals surface area contributed by atoms with Crippen molar-refractivity contribution in [2.45, 2.75) is 9.79 Å². The van der Waals surface area contributed by atoms with E-state index in [-0.39, 0.29) is 0 Å². The molecule has 0 bridgehead atoms. The third-order valence-corrected chi connectivity index (χ3v) is 8.66. The molecule has 0 unspecified atom stereocenters. The Hall–Kier alpha value is -4.60. The molecule has 0 saturated carbocycles. The van der Waals surface area contributed by atoms with Gasteiger partial charge in [0, 0.05) is 37.9 Å². The molecule has 1 aliphatic heterocycles. The number of rotatable bonds is 2. The molecule has 0 fully saturated rings. The van der Waals surface area contributed by atoms with Gasteiger partial charge in [-0.15, -0.1) is 0 Å². The highest BCUT2D eigenvalue weighted by Crippen LogP contribution is 2.54. The van der Waals surface area contributed by atoms with Gasteiger partial charge in [-0.1, -0.05) is 121 Å². The van der Waals surface area contributed by atoms with Crippen LogP contribution in [-0.4, -0.2) is 9.55 Å². The van der Waals surface area contributed by atoms with Crippen molar-refractivity contribution in [3.05, 3.63) is 134 Å². The molecule has 0 atom stereocenters. The Kier molecular flexibility index (Phi) is 4.79. The van der Waals surface area contributed by atoms with E-state index < -0.39 is 0 Å². The first-order valence-electron chi connectivity index (χ1n) is 12.8. The summed E-state index contributed by atoms with van der Waals surface area (Å²) in [6.07, 6.45) is 1.99. The lowest BCUT2D eigenvalue weighted by Crippen LogP contribution is -2.00. The monoisotopic (exact) mass is 502 g/mol. The van der Waals surface area contributed by atoms with Crippen LogP contribution in [-0.2, 0) is 0 Å². The Morgan fingerprint density at radius 3 is 2.21 bits per heavy atom. The molecule has 0 aliphatic carbocycles. The molecule has 2 nitrogen and oxygen atoms in total. The summed E-state index contributed by atoms with van der Waals surface area (Å²) in [5.74, 6) is 0.934. The van der Waals surface area contributed by atoms with Gasteiger partial charge in [0.2, 0.25) is 0 Å². The van der Waals surface area contributed by atoms with E-state index in [1.807, 2.05) is 18.0 Å². The number of pyridine rings is 1. The van der Waals surface area contributed by atoms with Crippen LogP contribution in [0.1, 0.15) is 0 Å². The molecule has 3 heteroatoms. The molecule has 3 heterocycles. The lowest BCUT2D eigenvalue weighted by molar-refractivity contribution is 1.05. The summed E-state index contributed by atoms with van der Waals surface area (Å²) in [7, 11) is 0. The van der Waals surface area contributed by atoms with Crippen LogP contribution in [0.4, 0.5) is 0 Å². The molecule has 7 aromatic rings. The van der Waals surface area contributed by atoms with Gasteiger partial charge < -0.3 is 0 Å². The van der Waals surface area contributed by atoms with Gasteiger partial charge in [-0.25, -0.2) is 4.98 Å². The second kappa shape index (κ2) is 8.47. The molecule has 2 aromatic heterocycles. The van der Waals surface area contributed by atoms with Crippen molar-refractivity contribution in [3.63, 3.8) is 0 Å². The Morgan fingerprint density at radius 1 is 0.579 bits per heavy atom. The quantitative estimate of drug-likeness (QED) is 0.234. The van der Waals surface area contributed by atoms with E-state index in [1.165, 1.54) is 54.1 Å². The number of nitrogens with zero attached hydrogens (tertiary/aromatic N) is 2. The topological polar surface area (TPSA) is 17.8 Å². The molecule has 0 radical (unpaired) electrons. The third kappa shape index (κ3) is 3.19. The fourth-order valence-corrected chi connectivity index (χ4v) is 6.97. The third-order valence-electron chi connectivity index (χ3n) is 7.44. The summed E-state index contributed by atoms with van der Waals surface area (Å²) < 4.78 is 2.36. The van der Waals surface area contributed by atoms with Gasteiger partial charge in [0.1, 0.15) is 5.82 Å². The first-order chi connectivity index (χ1) is 18.9. The maximum absolute atomic E-state index is 4.99. The minimum atomic E-state index is 0.934. The Labute approximate surface area is 225 Å². The van der Waals surface area contributed by atoms with Gasteiger partial charge >= 0.3 is 0 Å². The van der Waals surface area contributed by atoms with Gasteiger partial charge in [-0.2, -0.15) is 0 Å². The van der Waals surface area contributed by atoms with Crippen molar-refractivity contribution < 1.29 is 0 Å². The maximum Gasteiger partial charge on any atom is 0.138 e. The van der Waals surface area contributed by atoms with Gasteiger partial charge in [0.15, 0.2) is 0 Å². The zero-order chi connectivity index (χ0) is 25.1. The largest absolute Gasteiger partial charge is 0.293 e. The maximum atomic E-state index is 4.99. The van der Waals surface area contributed by atoms with Crippen LogP contribution in [0, 0.1) is 0 Å². The van der Waals surface area contributed by atoms with Crippen molar-refractivity contribution in [1.29, 1.82) is 0 Å². The van der Waals surface area contributed by atoms with Crippen LogP contribution in [0.15, 0.2) is 143 Å². The van der Waals surface area contributed by atoms with Crippen molar-refractivity contribution in [2.75, 3.05) is 0 Å². The zero-order valence-corrected chi connectivity index (χ0v) is 21.3. The summed E-state index contributed by atoms with van der Waals surface area (Å²) in [4.78, 5) is 7.53. The average Bonchev–Trinajstić information content (AvgIpc) is 3.24. The lowest BCUT2D eigenvalue weighted by atomic mass is 9.95. The molecular formula is C35H22N2S. The standard InChI is InChI=1S/C35H22N2S/c1-2-11-23(12-3-1)26-17-10-18-29-33-27-15-6-8-19-30(27)37(32-21-24-13-4-5-14-25(24)22-36-32)34(33)28-16-7-9-20-31(28)38-35(26)29/h1-22H. The SMILES string of the molecule is c1ccc(-c2cccc3c2Sc2ccccc2-c2c-3c3ccccc3n2-c2cc3ccccc3cn2)cc1. The number of hydrogen-bond acceptors (Lipinski definition) is 2. The number of aromatic nitrogens is 2. The highest BCUT2D eigenvalue weighted by Gasteiger charge is 2.29. The van der Waals surface area contributed by atoms with E-state index in [1.54, 1.807) is 0 Å². The summed E-state index contributed by atoms with van der Waals surface area (Å²) in [6.45, 7) is 0. The second-order valence-electron chi connectivity index (χ2n) is 9.61. The van der Waals surface area contributed by atoms with E-state index >= 15 is 0 Å². The Balaban J connectivity index is 1.53. The smallest absolute Gasteiger partial charge is 0.138 e. The van der Waals surface area contributed by atoms with Gasteiger partial charge in [0.05, 0.1) is 11.2 Å².